The smallest absolute Gasteiger partial charge is 0.320 e. The van der Waals surface area contributed by atoms with Crippen LogP contribution in [-0.2, 0) is 9.53 Å². The first-order valence-electron chi connectivity index (χ1n) is 6.77. The minimum atomic E-state index is -0.760. The van der Waals surface area contributed by atoms with E-state index in [1.165, 1.54) is 0 Å². The van der Waals surface area contributed by atoms with Gasteiger partial charge in [0.15, 0.2) is 0 Å². The van der Waals surface area contributed by atoms with E-state index in [9.17, 15) is 4.79 Å². The molecule has 2 N–H and O–H groups in total. The third kappa shape index (κ3) is 5.33. The summed E-state index contributed by atoms with van der Waals surface area (Å²) in [7, 11) is 2.07. The van der Waals surface area contributed by atoms with Crippen LogP contribution in [0.25, 0.3) is 0 Å². The van der Waals surface area contributed by atoms with Gasteiger partial charge in [-0.3, -0.25) is 4.79 Å². The molecular formula is C13H26N2O3. The lowest BCUT2D eigenvalue weighted by Crippen LogP contribution is -2.44. The molecular weight excluding hydrogens is 232 g/mol. The number of nitrogens with one attached hydrogen (secondary N) is 1. The van der Waals surface area contributed by atoms with Crippen LogP contribution >= 0.6 is 0 Å². The highest BCUT2D eigenvalue weighted by atomic mass is 16.5. The number of hydrogen-bond donors (Lipinski definition) is 2. The van der Waals surface area contributed by atoms with Crippen molar-refractivity contribution in [1.82, 2.24) is 10.2 Å². The van der Waals surface area contributed by atoms with Crippen molar-refractivity contribution in [2.45, 2.75) is 51.2 Å². The summed E-state index contributed by atoms with van der Waals surface area (Å²) < 4.78 is 5.33. The van der Waals surface area contributed by atoms with E-state index in [2.05, 4.69) is 17.3 Å². The zero-order valence-electron chi connectivity index (χ0n) is 11.7. The van der Waals surface area contributed by atoms with E-state index in [1.54, 1.807) is 0 Å². The molecule has 18 heavy (non-hydrogen) atoms. The minimum Gasteiger partial charge on any atom is -0.480 e. The molecule has 106 valence electrons. The maximum Gasteiger partial charge on any atom is 0.320 e. The first kappa shape index (κ1) is 15.4. The van der Waals surface area contributed by atoms with Crippen molar-refractivity contribution in [2.75, 3.05) is 26.8 Å². The van der Waals surface area contributed by atoms with Gasteiger partial charge in [0.2, 0.25) is 0 Å². The van der Waals surface area contributed by atoms with Gasteiger partial charge < -0.3 is 20.1 Å². The fourth-order valence-corrected chi connectivity index (χ4v) is 2.32. The third-order valence-corrected chi connectivity index (χ3v) is 3.42. The van der Waals surface area contributed by atoms with Crippen molar-refractivity contribution in [1.29, 1.82) is 0 Å². The Labute approximate surface area is 109 Å². The monoisotopic (exact) mass is 258 g/mol. The van der Waals surface area contributed by atoms with Gasteiger partial charge >= 0.3 is 5.97 Å². The van der Waals surface area contributed by atoms with Crippen LogP contribution < -0.4 is 5.32 Å². The van der Waals surface area contributed by atoms with Crippen molar-refractivity contribution >= 4 is 5.97 Å². The number of rotatable bonds is 7. The van der Waals surface area contributed by atoms with E-state index in [4.69, 9.17) is 9.84 Å². The molecule has 1 heterocycles. The molecule has 1 rings (SSSR count). The Morgan fingerprint density at radius 1 is 1.44 bits per heavy atom. The van der Waals surface area contributed by atoms with Crippen LogP contribution in [0.2, 0.25) is 0 Å². The summed E-state index contributed by atoms with van der Waals surface area (Å²) in [5, 5.41) is 12.2. The van der Waals surface area contributed by atoms with Crippen LogP contribution in [0.4, 0.5) is 0 Å². The summed E-state index contributed by atoms with van der Waals surface area (Å²) in [5.41, 5.74) is 0. The van der Waals surface area contributed by atoms with E-state index in [-0.39, 0.29) is 6.04 Å². The lowest BCUT2D eigenvalue weighted by Gasteiger charge is -2.32. The molecule has 0 spiro atoms. The topological polar surface area (TPSA) is 61.8 Å². The van der Waals surface area contributed by atoms with Gasteiger partial charge in [-0.15, -0.1) is 0 Å². The molecule has 0 saturated carbocycles. The van der Waals surface area contributed by atoms with Gasteiger partial charge in [0.1, 0.15) is 6.04 Å². The highest BCUT2D eigenvalue weighted by Gasteiger charge is 2.22. The summed E-state index contributed by atoms with van der Waals surface area (Å²) in [6.07, 6.45) is 2.74. The fourth-order valence-electron chi connectivity index (χ4n) is 2.32. The number of hydrogen-bond acceptors (Lipinski definition) is 4. The average Bonchev–Trinajstić information content (AvgIpc) is 2.34. The first-order chi connectivity index (χ1) is 8.50. The van der Waals surface area contributed by atoms with Crippen molar-refractivity contribution in [3.8, 4) is 0 Å². The van der Waals surface area contributed by atoms with E-state index in [0.717, 1.165) is 32.6 Å². The molecule has 1 saturated heterocycles. The summed E-state index contributed by atoms with van der Waals surface area (Å²) in [6, 6.07) is 0.277. The van der Waals surface area contributed by atoms with Crippen LogP contribution in [0, 0.1) is 0 Å². The molecule has 0 amide bonds. The van der Waals surface area contributed by atoms with Crippen molar-refractivity contribution in [2.24, 2.45) is 0 Å². The lowest BCUT2D eigenvalue weighted by molar-refractivity contribution is -0.140. The second-order valence-electron chi connectivity index (χ2n) is 5.33. The second kappa shape index (κ2) is 7.71. The van der Waals surface area contributed by atoms with Gasteiger partial charge in [0.05, 0.1) is 0 Å². The highest BCUT2D eigenvalue weighted by molar-refractivity contribution is 5.73. The van der Waals surface area contributed by atoms with E-state index in [0.29, 0.717) is 12.5 Å². The fraction of sp³-hybridized carbons (Fsp3) is 0.923. The number of carboxylic acid groups (broad SMARTS) is 1. The number of ether oxygens (including phenoxy) is 1. The minimum absolute atomic E-state index is 0.194. The predicted octanol–water partition coefficient (Wildman–Crippen LogP) is 0.939. The number of carbonyl (C=O) groups is 1. The molecule has 5 heteroatoms. The Morgan fingerprint density at radius 2 is 2.06 bits per heavy atom. The predicted molar refractivity (Wildman–Crippen MR) is 70.8 cm³/mol. The molecule has 1 fully saturated rings. The standard InChI is InChI=1S/C13H26N2O3/c1-10(2)14-12(13(16)17)4-7-15(3)11-5-8-18-9-6-11/h10-12,14H,4-9H2,1-3H3,(H,16,17). The Bertz CT molecular complexity index is 253. The summed E-state index contributed by atoms with van der Waals surface area (Å²) in [6.45, 7) is 6.39. The van der Waals surface area contributed by atoms with Gasteiger partial charge in [-0.2, -0.15) is 0 Å². The molecule has 1 atom stereocenters. The molecule has 0 radical (unpaired) electrons. The summed E-state index contributed by atoms with van der Waals surface area (Å²) in [4.78, 5) is 13.4. The van der Waals surface area contributed by atoms with Gasteiger partial charge in [0, 0.05) is 31.8 Å². The molecule has 0 aromatic carbocycles. The molecule has 1 unspecified atom stereocenters. The summed E-state index contributed by atoms with van der Waals surface area (Å²) >= 11 is 0. The number of aliphatic carboxylic acids is 1. The van der Waals surface area contributed by atoms with Crippen LogP contribution in [0.3, 0.4) is 0 Å². The van der Waals surface area contributed by atoms with E-state index < -0.39 is 12.0 Å². The van der Waals surface area contributed by atoms with Crippen molar-refractivity contribution in [3.63, 3.8) is 0 Å². The van der Waals surface area contributed by atoms with Crippen LogP contribution in [-0.4, -0.2) is 60.9 Å². The van der Waals surface area contributed by atoms with Gasteiger partial charge in [-0.05, 0) is 26.3 Å². The largest absolute Gasteiger partial charge is 0.480 e. The quantitative estimate of drug-likeness (QED) is 0.711. The zero-order chi connectivity index (χ0) is 13.5. The first-order valence-corrected chi connectivity index (χ1v) is 6.77. The Balaban J connectivity index is 2.33. The van der Waals surface area contributed by atoms with Gasteiger partial charge in [0.25, 0.3) is 0 Å². The molecule has 1 aliphatic heterocycles. The van der Waals surface area contributed by atoms with Gasteiger partial charge in [-0.25, -0.2) is 0 Å². The number of carboxylic acids is 1. The maximum absolute atomic E-state index is 11.1. The Morgan fingerprint density at radius 3 is 2.56 bits per heavy atom. The normalized spacial score (nSPS) is 19.4. The highest BCUT2D eigenvalue weighted by Crippen LogP contribution is 2.13. The molecule has 0 aromatic rings. The molecule has 0 aromatic heterocycles. The SMILES string of the molecule is CC(C)NC(CCN(C)C1CCOCC1)C(=O)O. The van der Waals surface area contributed by atoms with E-state index >= 15 is 0 Å². The summed E-state index contributed by atoms with van der Waals surface area (Å²) in [5.74, 6) is -0.760. The molecule has 0 bridgehead atoms. The lowest BCUT2D eigenvalue weighted by atomic mass is 10.1. The van der Waals surface area contributed by atoms with Crippen molar-refractivity contribution in [3.05, 3.63) is 0 Å². The van der Waals surface area contributed by atoms with Crippen molar-refractivity contribution < 1.29 is 14.6 Å². The molecule has 5 nitrogen and oxygen atoms in total. The van der Waals surface area contributed by atoms with Crippen LogP contribution in [0.1, 0.15) is 33.1 Å². The Hall–Kier alpha value is -0.650. The number of nitrogens with zero attached hydrogens (tertiary/aromatic N) is 1. The second-order valence-corrected chi connectivity index (χ2v) is 5.33. The van der Waals surface area contributed by atoms with Crippen LogP contribution in [0.15, 0.2) is 0 Å². The Kier molecular flexibility index (Phi) is 6.60. The van der Waals surface area contributed by atoms with Gasteiger partial charge in [-0.1, -0.05) is 13.8 Å². The zero-order valence-corrected chi connectivity index (χ0v) is 11.7. The third-order valence-electron chi connectivity index (χ3n) is 3.42. The average molecular weight is 258 g/mol. The maximum atomic E-state index is 11.1. The molecule has 0 aliphatic carbocycles. The van der Waals surface area contributed by atoms with E-state index in [1.807, 2.05) is 13.8 Å². The molecule has 1 aliphatic rings. The van der Waals surface area contributed by atoms with Crippen LogP contribution in [0.5, 0.6) is 0 Å².